The molecule has 0 saturated heterocycles. The average molecular weight is 526 g/mol. The molecule has 166 valence electrons. The third kappa shape index (κ3) is 7.16. The van der Waals surface area contributed by atoms with E-state index in [0.717, 1.165) is 36.3 Å². The van der Waals surface area contributed by atoms with Crippen LogP contribution < -0.4 is 15.4 Å². The highest BCUT2D eigenvalue weighted by Crippen LogP contribution is 2.30. The molecule has 2 N–H and O–H groups in total. The van der Waals surface area contributed by atoms with Gasteiger partial charge in [-0.1, -0.05) is 12.1 Å². The highest BCUT2D eigenvalue weighted by molar-refractivity contribution is 14.0. The van der Waals surface area contributed by atoms with Crippen LogP contribution in [0.3, 0.4) is 0 Å². The number of aryl methyl sites for hydroxylation is 2. The SMILES string of the molecule is CN=C(NCc1ccc(C)cc1OCC1CC1)NCC(c1cnn(C)c1)N(C)C.I. The zero-order valence-corrected chi connectivity index (χ0v) is 21.0. The van der Waals surface area contributed by atoms with Gasteiger partial charge in [-0.25, -0.2) is 0 Å². The second kappa shape index (κ2) is 11.5. The van der Waals surface area contributed by atoms with Crippen molar-refractivity contribution in [3.05, 3.63) is 47.3 Å². The number of nitrogens with one attached hydrogen (secondary N) is 2. The van der Waals surface area contributed by atoms with Crippen molar-refractivity contribution in [2.45, 2.75) is 32.4 Å². The monoisotopic (exact) mass is 526 g/mol. The molecule has 1 aromatic heterocycles. The summed E-state index contributed by atoms with van der Waals surface area (Å²) < 4.78 is 7.91. The minimum Gasteiger partial charge on any atom is -0.493 e. The van der Waals surface area contributed by atoms with Crippen molar-refractivity contribution >= 4 is 29.9 Å². The largest absolute Gasteiger partial charge is 0.493 e. The third-order valence-corrected chi connectivity index (χ3v) is 5.26. The van der Waals surface area contributed by atoms with Crippen molar-refractivity contribution in [3.63, 3.8) is 0 Å². The number of hydrogen-bond acceptors (Lipinski definition) is 4. The Bertz CT molecular complexity index is 831. The first-order chi connectivity index (χ1) is 14.0. The molecule has 7 nitrogen and oxygen atoms in total. The Morgan fingerprint density at radius 3 is 2.70 bits per heavy atom. The predicted molar refractivity (Wildman–Crippen MR) is 133 cm³/mol. The van der Waals surface area contributed by atoms with Gasteiger partial charge in [0.05, 0.1) is 18.8 Å². The number of benzene rings is 1. The van der Waals surface area contributed by atoms with Crippen LogP contribution in [0.25, 0.3) is 0 Å². The van der Waals surface area contributed by atoms with Crippen LogP contribution in [0, 0.1) is 12.8 Å². The summed E-state index contributed by atoms with van der Waals surface area (Å²) in [5, 5.41) is 11.2. The van der Waals surface area contributed by atoms with Crippen LogP contribution in [-0.2, 0) is 13.6 Å². The Morgan fingerprint density at radius 1 is 1.33 bits per heavy atom. The number of likely N-dealkylation sites (N-methyl/N-ethyl adjacent to an activating group) is 1. The van der Waals surface area contributed by atoms with Crippen LogP contribution in [0.2, 0.25) is 0 Å². The molecule has 1 unspecified atom stereocenters. The van der Waals surface area contributed by atoms with E-state index in [-0.39, 0.29) is 30.0 Å². The minimum atomic E-state index is 0. The second-order valence-corrected chi connectivity index (χ2v) is 8.10. The van der Waals surface area contributed by atoms with Crippen LogP contribution in [0.1, 0.15) is 35.6 Å². The molecule has 0 spiro atoms. The van der Waals surface area contributed by atoms with E-state index in [1.807, 2.05) is 17.9 Å². The number of nitrogens with zero attached hydrogens (tertiary/aromatic N) is 4. The molecule has 1 atom stereocenters. The van der Waals surface area contributed by atoms with Crippen LogP contribution >= 0.6 is 24.0 Å². The summed E-state index contributed by atoms with van der Waals surface area (Å²) in [5.41, 5.74) is 3.54. The van der Waals surface area contributed by atoms with Crippen molar-refractivity contribution in [2.24, 2.45) is 18.0 Å². The molecule has 3 rings (SSSR count). The fourth-order valence-corrected chi connectivity index (χ4v) is 3.24. The molecule has 0 amide bonds. The first kappa shape index (κ1) is 24.5. The fraction of sp³-hybridized carbons (Fsp3) is 0.545. The molecular weight excluding hydrogens is 491 g/mol. The Morgan fingerprint density at radius 2 is 2.10 bits per heavy atom. The maximum atomic E-state index is 6.08. The second-order valence-electron chi connectivity index (χ2n) is 8.10. The summed E-state index contributed by atoms with van der Waals surface area (Å²) in [6, 6.07) is 6.59. The van der Waals surface area contributed by atoms with E-state index in [1.54, 1.807) is 7.05 Å². The van der Waals surface area contributed by atoms with Crippen molar-refractivity contribution in [1.29, 1.82) is 0 Å². The number of aliphatic imine (C=N–C) groups is 1. The highest BCUT2D eigenvalue weighted by Gasteiger charge is 2.22. The van der Waals surface area contributed by atoms with E-state index in [1.165, 1.54) is 24.0 Å². The lowest BCUT2D eigenvalue weighted by Crippen LogP contribution is -2.41. The van der Waals surface area contributed by atoms with Gasteiger partial charge >= 0.3 is 0 Å². The molecule has 0 bridgehead atoms. The maximum Gasteiger partial charge on any atom is 0.191 e. The van der Waals surface area contributed by atoms with Crippen LogP contribution in [0.5, 0.6) is 5.75 Å². The summed E-state index contributed by atoms with van der Waals surface area (Å²) in [4.78, 5) is 6.56. The lowest BCUT2D eigenvalue weighted by molar-refractivity contribution is 0.295. The average Bonchev–Trinajstić information content (AvgIpc) is 3.43. The topological polar surface area (TPSA) is 66.7 Å². The summed E-state index contributed by atoms with van der Waals surface area (Å²) in [7, 11) is 7.88. The number of hydrogen-bond donors (Lipinski definition) is 2. The van der Waals surface area contributed by atoms with Gasteiger partial charge in [-0.3, -0.25) is 9.67 Å². The van der Waals surface area contributed by atoms with Crippen molar-refractivity contribution in [1.82, 2.24) is 25.3 Å². The van der Waals surface area contributed by atoms with Gasteiger partial charge in [-0.15, -0.1) is 24.0 Å². The normalized spacial score (nSPS) is 14.9. The fourth-order valence-electron chi connectivity index (χ4n) is 3.24. The number of rotatable bonds is 9. The van der Waals surface area contributed by atoms with E-state index in [9.17, 15) is 0 Å². The number of aromatic nitrogens is 2. The zero-order valence-electron chi connectivity index (χ0n) is 18.7. The molecule has 2 aromatic rings. The number of ether oxygens (including phenoxy) is 1. The molecule has 1 fully saturated rings. The van der Waals surface area contributed by atoms with Crippen molar-refractivity contribution < 1.29 is 4.74 Å². The lowest BCUT2D eigenvalue weighted by atomic mass is 10.1. The van der Waals surface area contributed by atoms with Gasteiger partial charge in [0.2, 0.25) is 0 Å². The van der Waals surface area contributed by atoms with Crippen LogP contribution in [0.15, 0.2) is 35.6 Å². The molecule has 1 heterocycles. The molecule has 30 heavy (non-hydrogen) atoms. The van der Waals surface area contributed by atoms with Gasteiger partial charge < -0.3 is 20.3 Å². The number of halogens is 1. The predicted octanol–water partition coefficient (Wildman–Crippen LogP) is 3.10. The van der Waals surface area contributed by atoms with Gasteiger partial charge in [-0.2, -0.15) is 5.10 Å². The van der Waals surface area contributed by atoms with Gasteiger partial charge in [-0.05, 0) is 51.4 Å². The minimum absolute atomic E-state index is 0. The molecular formula is C22H35IN6O. The van der Waals surface area contributed by atoms with Crippen LogP contribution in [0.4, 0.5) is 0 Å². The van der Waals surface area contributed by atoms with Gasteiger partial charge in [0.25, 0.3) is 0 Å². The van der Waals surface area contributed by atoms with E-state index in [0.29, 0.717) is 6.54 Å². The molecule has 0 aliphatic heterocycles. The zero-order chi connectivity index (χ0) is 20.8. The molecule has 0 radical (unpaired) electrons. The summed E-state index contributed by atoms with van der Waals surface area (Å²) >= 11 is 0. The summed E-state index contributed by atoms with van der Waals surface area (Å²) in [6.45, 7) is 4.32. The Kier molecular flexibility index (Phi) is 9.41. The molecule has 1 aliphatic carbocycles. The smallest absolute Gasteiger partial charge is 0.191 e. The van der Waals surface area contributed by atoms with Crippen molar-refractivity contribution in [2.75, 3.05) is 34.3 Å². The maximum absolute atomic E-state index is 6.08. The lowest BCUT2D eigenvalue weighted by Gasteiger charge is -2.24. The molecule has 1 aromatic carbocycles. The summed E-state index contributed by atoms with van der Waals surface area (Å²) in [6.07, 6.45) is 6.55. The summed E-state index contributed by atoms with van der Waals surface area (Å²) in [5.74, 6) is 2.48. The first-order valence-corrected chi connectivity index (χ1v) is 10.3. The molecule has 1 saturated carbocycles. The molecule has 8 heteroatoms. The van der Waals surface area contributed by atoms with Gasteiger partial charge in [0.15, 0.2) is 5.96 Å². The Hall–Kier alpha value is -1.81. The van der Waals surface area contributed by atoms with E-state index < -0.39 is 0 Å². The Labute approximate surface area is 197 Å². The molecule has 1 aliphatic rings. The first-order valence-electron chi connectivity index (χ1n) is 10.3. The van der Waals surface area contributed by atoms with E-state index >= 15 is 0 Å². The van der Waals surface area contributed by atoms with E-state index in [4.69, 9.17) is 4.74 Å². The quantitative estimate of drug-likeness (QED) is 0.299. The van der Waals surface area contributed by atoms with Gasteiger partial charge in [0, 0.05) is 44.5 Å². The Balaban J connectivity index is 0.00000320. The van der Waals surface area contributed by atoms with Gasteiger partial charge in [0.1, 0.15) is 5.75 Å². The van der Waals surface area contributed by atoms with Crippen LogP contribution in [-0.4, -0.2) is 54.9 Å². The standard InChI is InChI=1S/C22H34N6O.HI/c1-16-6-9-18(21(10-16)29-15-17-7-8-17)11-24-22(23-2)25-13-20(27(3)4)19-12-26-28(5)14-19;/h6,9-10,12,14,17,20H,7-8,11,13,15H2,1-5H3,(H2,23,24,25);1H. The number of guanidine groups is 1. The highest BCUT2D eigenvalue weighted by atomic mass is 127. The van der Waals surface area contributed by atoms with Crippen molar-refractivity contribution in [3.8, 4) is 5.75 Å². The van der Waals surface area contributed by atoms with E-state index in [2.05, 4.69) is 71.0 Å². The third-order valence-electron chi connectivity index (χ3n) is 5.26.